The van der Waals surface area contributed by atoms with E-state index < -0.39 is 0 Å². The minimum atomic E-state index is -0.257. The van der Waals surface area contributed by atoms with Gasteiger partial charge in [0.15, 0.2) is 0 Å². The Kier molecular flexibility index (Phi) is 5.62. The number of benzene rings is 2. The van der Waals surface area contributed by atoms with Crippen LogP contribution in [-0.4, -0.2) is 18.4 Å². The molecule has 0 atom stereocenters. The van der Waals surface area contributed by atoms with Crippen molar-refractivity contribution in [3.05, 3.63) is 58.1 Å². The van der Waals surface area contributed by atoms with Gasteiger partial charge in [-0.25, -0.2) is 0 Å². The first-order valence-electron chi connectivity index (χ1n) is 7.69. The second-order valence-electron chi connectivity index (χ2n) is 5.88. The van der Waals surface area contributed by atoms with E-state index in [4.69, 9.17) is 11.6 Å². The predicted molar refractivity (Wildman–Crippen MR) is 98.8 cm³/mol. The number of aryl methyl sites for hydroxylation is 3. The third-order valence-electron chi connectivity index (χ3n) is 3.93. The smallest absolute Gasteiger partial charge is 0.244 e. The minimum Gasteiger partial charge on any atom is -0.325 e. The molecule has 126 valence electrons. The van der Waals surface area contributed by atoms with Crippen LogP contribution in [0.25, 0.3) is 0 Å². The summed E-state index contributed by atoms with van der Waals surface area (Å²) < 4.78 is 0. The summed E-state index contributed by atoms with van der Waals surface area (Å²) in [6.45, 7) is 7.25. The first kappa shape index (κ1) is 18.0. The lowest BCUT2D eigenvalue weighted by Crippen LogP contribution is -2.37. The Morgan fingerprint density at radius 1 is 1.00 bits per heavy atom. The zero-order valence-corrected chi connectivity index (χ0v) is 15.1. The molecule has 0 bridgehead atoms. The molecule has 0 saturated carbocycles. The number of hydrogen-bond acceptors (Lipinski definition) is 2. The quantitative estimate of drug-likeness (QED) is 0.901. The third kappa shape index (κ3) is 4.36. The summed E-state index contributed by atoms with van der Waals surface area (Å²) in [5.41, 5.74) is 4.50. The fraction of sp³-hybridized carbons (Fsp3) is 0.263. The first-order chi connectivity index (χ1) is 11.3. The standard InChI is InChI=1S/C19H21ClN2O2/c1-12-6-8-17(9-14(12)3)21-19(24)11-22(15(4)23)18-10-16(20)7-5-13(18)2/h5-10H,11H2,1-4H3,(H,21,24). The Bertz CT molecular complexity index is 787. The van der Waals surface area contributed by atoms with Crippen molar-refractivity contribution in [1.29, 1.82) is 0 Å². The minimum absolute atomic E-state index is 0.0660. The predicted octanol–water partition coefficient (Wildman–Crippen LogP) is 4.26. The monoisotopic (exact) mass is 344 g/mol. The van der Waals surface area contributed by atoms with Crippen LogP contribution < -0.4 is 10.2 Å². The molecule has 0 fully saturated rings. The molecular formula is C19H21ClN2O2. The molecule has 0 aliphatic carbocycles. The molecule has 2 aromatic carbocycles. The molecule has 0 aromatic heterocycles. The molecule has 2 aromatic rings. The summed E-state index contributed by atoms with van der Waals surface area (Å²) in [6.07, 6.45) is 0. The van der Waals surface area contributed by atoms with Crippen LogP contribution in [-0.2, 0) is 9.59 Å². The van der Waals surface area contributed by atoms with E-state index in [1.807, 2.05) is 45.0 Å². The van der Waals surface area contributed by atoms with Crippen LogP contribution in [0, 0.1) is 20.8 Å². The summed E-state index contributed by atoms with van der Waals surface area (Å²) in [5.74, 6) is -0.469. The summed E-state index contributed by atoms with van der Waals surface area (Å²) in [4.78, 5) is 25.8. The summed E-state index contributed by atoms with van der Waals surface area (Å²) >= 11 is 6.03. The average molecular weight is 345 g/mol. The van der Waals surface area contributed by atoms with Gasteiger partial charge >= 0.3 is 0 Å². The Balaban J connectivity index is 2.18. The molecule has 0 aliphatic rings. The van der Waals surface area contributed by atoms with Crippen LogP contribution in [0.3, 0.4) is 0 Å². The number of carbonyl (C=O) groups is 2. The van der Waals surface area contributed by atoms with Crippen LogP contribution >= 0.6 is 11.6 Å². The molecule has 24 heavy (non-hydrogen) atoms. The normalized spacial score (nSPS) is 10.4. The van der Waals surface area contributed by atoms with Crippen molar-refractivity contribution < 1.29 is 9.59 Å². The fourth-order valence-corrected chi connectivity index (χ4v) is 2.57. The van der Waals surface area contributed by atoms with E-state index in [1.54, 1.807) is 12.1 Å². The van der Waals surface area contributed by atoms with Crippen LogP contribution in [0.1, 0.15) is 23.6 Å². The molecule has 0 radical (unpaired) electrons. The maximum absolute atomic E-state index is 12.4. The van der Waals surface area contributed by atoms with Crippen molar-refractivity contribution >= 4 is 34.8 Å². The molecule has 0 spiro atoms. The molecule has 2 rings (SSSR count). The Morgan fingerprint density at radius 3 is 2.29 bits per heavy atom. The van der Waals surface area contributed by atoms with Gasteiger partial charge in [0.2, 0.25) is 11.8 Å². The van der Waals surface area contributed by atoms with E-state index in [2.05, 4.69) is 5.32 Å². The van der Waals surface area contributed by atoms with Crippen molar-refractivity contribution in [3.63, 3.8) is 0 Å². The topological polar surface area (TPSA) is 49.4 Å². The van der Waals surface area contributed by atoms with Gasteiger partial charge in [0.1, 0.15) is 6.54 Å². The van der Waals surface area contributed by atoms with Crippen molar-refractivity contribution in [2.75, 3.05) is 16.8 Å². The Labute approximate surface area is 147 Å². The van der Waals surface area contributed by atoms with Crippen LogP contribution in [0.4, 0.5) is 11.4 Å². The average Bonchev–Trinajstić information content (AvgIpc) is 2.51. The molecule has 0 heterocycles. The van der Waals surface area contributed by atoms with Gasteiger partial charge in [-0.2, -0.15) is 0 Å². The Hall–Kier alpha value is -2.33. The third-order valence-corrected chi connectivity index (χ3v) is 4.17. The maximum atomic E-state index is 12.4. The summed E-state index contributed by atoms with van der Waals surface area (Å²) in [5, 5.41) is 3.36. The van der Waals surface area contributed by atoms with E-state index in [0.717, 1.165) is 22.4 Å². The fourth-order valence-electron chi connectivity index (χ4n) is 2.40. The molecule has 5 heteroatoms. The number of nitrogens with one attached hydrogen (secondary N) is 1. The van der Waals surface area contributed by atoms with Gasteiger partial charge in [0.25, 0.3) is 0 Å². The van der Waals surface area contributed by atoms with Crippen LogP contribution in [0.15, 0.2) is 36.4 Å². The van der Waals surface area contributed by atoms with Gasteiger partial charge in [-0.3, -0.25) is 9.59 Å². The Morgan fingerprint density at radius 2 is 1.67 bits per heavy atom. The molecule has 4 nitrogen and oxygen atoms in total. The first-order valence-corrected chi connectivity index (χ1v) is 8.07. The van der Waals surface area contributed by atoms with Crippen LogP contribution in [0.2, 0.25) is 5.02 Å². The summed E-state index contributed by atoms with van der Waals surface area (Å²) in [6, 6.07) is 11.0. The number of halogens is 1. The SMILES string of the molecule is CC(=O)N(CC(=O)Nc1ccc(C)c(C)c1)c1cc(Cl)ccc1C. The molecule has 2 amide bonds. The van der Waals surface area contributed by atoms with E-state index in [-0.39, 0.29) is 18.4 Å². The molecule has 0 unspecified atom stereocenters. The highest BCUT2D eigenvalue weighted by Gasteiger charge is 2.18. The van der Waals surface area contributed by atoms with Gasteiger partial charge < -0.3 is 10.2 Å². The van der Waals surface area contributed by atoms with Crippen molar-refractivity contribution in [3.8, 4) is 0 Å². The lowest BCUT2D eigenvalue weighted by atomic mass is 10.1. The highest BCUT2D eigenvalue weighted by molar-refractivity contribution is 6.31. The second-order valence-corrected chi connectivity index (χ2v) is 6.32. The van der Waals surface area contributed by atoms with Crippen LogP contribution in [0.5, 0.6) is 0 Å². The van der Waals surface area contributed by atoms with Gasteiger partial charge in [0, 0.05) is 23.3 Å². The van der Waals surface area contributed by atoms with Gasteiger partial charge in [-0.1, -0.05) is 23.7 Å². The van der Waals surface area contributed by atoms with Gasteiger partial charge in [0.05, 0.1) is 0 Å². The highest BCUT2D eigenvalue weighted by Crippen LogP contribution is 2.24. The number of nitrogens with zero attached hydrogens (tertiary/aromatic N) is 1. The highest BCUT2D eigenvalue weighted by atomic mass is 35.5. The largest absolute Gasteiger partial charge is 0.325 e. The number of rotatable bonds is 4. The lowest BCUT2D eigenvalue weighted by Gasteiger charge is -2.23. The molecule has 1 N–H and O–H groups in total. The van der Waals surface area contributed by atoms with Crippen molar-refractivity contribution in [2.45, 2.75) is 27.7 Å². The van der Waals surface area contributed by atoms with E-state index in [9.17, 15) is 9.59 Å². The zero-order valence-electron chi connectivity index (χ0n) is 14.3. The number of anilines is 2. The second kappa shape index (κ2) is 7.49. The molecule has 0 aliphatic heterocycles. The van der Waals surface area contributed by atoms with Gasteiger partial charge in [-0.05, 0) is 61.7 Å². The van der Waals surface area contributed by atoms with Gasteiger partial charge in [-0.15, -0.1) is 0 Å². The maximum Gasteiger partial charge on any atom is 0.244 e. The number of carbonyl (C=O) groups excluding carboxylic acids is 2. The van der Waals surface area contributed by atoms with E-state index in [1.165, 1.54) is 11.8 Å². The molecule has 0 saturated heterocycles. The number of amides is 2. The van der Waals surface area contributed by atoms with E-state index >= 15 is 0 Å². The summed E-state index contributed by atoms with van der Waals surface area (Å²) in [7, 11) is 0. The van der Waals surface area contributed by atoms with E-state index in [0.29, 0.717) is 10.7 Å². The van der Waals surface area contributed by atoms with Crippen molar-refractivity contribution in [1.82, 2.24) is 0 Å². The lowest BCUT2D eigenvalue weighted by molar-refractivity contribution is -0.120. The molecular weight excluding hydrogens is 324 g/mol. The van der Waals surface area contributed by atoms with Crippen molar-refractivity contribution in [2.24, 2.45) is 0 Å². The zero-order chi connectivity index (χ0) is 17.9. The number of hydrogen-bond donors (Lipinski definition) is 1.